The van der Waals surface area contributed by atoms with Gasteiger partial charge in [-0.1, -0.05) is 32.4 Å². The highest BCUT2D eigenvalue weighted by molar-refractivity contribution is 6.11. The molecule has 2 aromatic heterocycles. The number of unbranched alkanes of at least 4 members (excludes halogenated alkanes) is 1. The van der Waals surface area contributed by atoms with E-state index in [9.17, 15) is 9.59 Å². The number of para-hydroxylation sites is 2. The van der Waals surface area contributed by atoms with Gasteiger partial charge in [-0.3, -0.25) is 9.36 Å². The van der Waals surface area contributed by atoms with Crippen LogP contribution in [-0.4, -0.2) is 39.6 Å². The van der Waals surface area contributed by atoms with Crippen molar-refractivity contribution in [1.29, 1.82) is 0 Å². The second-order valence-electron chi connectivity index (χ2n) is 7.77. The van der Waals surface area contributed by atoms with Crippen LogP contribution in [0.2, 0.25) is 0 Å². The maximum atomic E-state index is 13.0. The number of nitrogens with one attached hydrogen (secondary N) is 1. The zero-order valence-corrected chi connectivity index (χ0v) is 18.8. The van der Waals surface area contributed by atoms with Crippen molar-refractivity contribution in [1.82, 2.24) is 19.9 Å². The molecule has 0 fully saturated rings. The van der Waals surface area contributed by atoms with Crippen LogP contribution in [0.4, 0.5) is 5.82 Å². The van der Waals surface area contributed by atoms with Crippen LogP contribution in [0.15, 0.2) is 48.5 Å². The fourth-order valence-corrected chi connectivity index (χ4v) is 3.61. The molecular formula is C25H27N5O3. The van der Waals surface area contributed by atoms with E-state index in [1.807, 2.05) is 38.1 Å². The molecule has 0 aliphatic rings. The molecule has 2 heterocycles. The molecule has 1 amide bonds. The molecule has 170 valence electrons. The number of hydrogen-bond acceptors (Lipinski definition) is 6. The van der Waals surface area contributed by atoms with E-state index in [1.54, 1.807) is 28.8 Å². The largest absolute Gasteiger partial charge is 0.462 e. The van der Waals surface area contributed by atoms with Crippen molar-refractivity contribution in [2.75, 3.05) is 18.9 Å². The maximum Gasteiger partial charge on any atom is 0.338 e. The molecule has 4 rings (SSSR count). The highest BCUT2D eigenvalue weighted by atomic mass is 16.5. The zero-order valence-electron chi connectivity index (χ0n) is 18.8. The average molecular weight is 446 g/mol. The van der Waals surface area contributed by atoms with Crippen LogP contribution >= 0.6 is 0 Å². The van der Waals surface area contributed by atoms with E-state index in [4.69, 9.17) is 20.4 Å². The normalized spacial score (nSPS) is 11.1. The van der Waals surface area contributed by atoms with Gasteiger partial charge >= 0.3 is 5.97 Å². The minimum atomic E-state index is -0.370. The lowest BCUT2D eigenvalue weighted by Crippen LogP contribution is -2.25. The van der Waals surface area contributed by atoms with Crippen LogP contribution in [0.25, 0.3) is 27.9 Å². The third-order valence-electron chi connectivity index (χ3n) is 5.35. The summed E-state index contributed by atoms with van der Waals surface area (Å²) in [6, 6.07) is 14.4. The van der Waals surface area contributed by atoms with E-state index >= 15 is 0 Å². The molecule has 0 saturated carbocycles. The molecule has 4 aromatic rings. The Morgan fingerprint density at radius 1 is 1.00 bits per heavy atom. The van der Waals surface area contributed by atoms with Crippen molar-refractivity contribution in [2.24, 2.45) is 0 Å². The summed E-state index contributed by atoms with van der Waals surface area (Å²) in [5, 5.41) is 2.88. The summed E-state index contributed by atoms with van der Waals surface area (Å²) < 4.78 is 6.98. The zero-order chi connectivity index (χ0) is 23.4. The van der Waals surface area contributed by atoms with E-state index in [-0.39, 0.29) is 17.7 Å². The lowest BCUT2D eigenvalue weighted by atomic mass is 10.2. The van der Waals surface area contributed by atoms with Gasteiger partial charge in [-0.05, 0) is 49.2 Å². The first-order valence-electron chi connectivity index (χ1n) is 11.2. The van der Waals surface area contributed by atoms with Gasteiger partial charge in [0.1, 0.15) is 16.9 Å². The summed E-state index contributed by atoms with van der Waals surface area (Å²) in [7, 11) is 0. The number of nitrogens with two attached hydrogens (primary N) is 1. The van der Waals surface area contributed by atoms with Gasteiger partial charge in [0, 0.05) is 12.2 Å². The molecule has 0 aliphatic carbocycles. The van der Waals surface area contributed by atoms with Gasteiger partial charge in [0.25, 0.3) is 5.91 Å². The van der Waals surface area contributed by atoms with Crippen LogP contribution in [-0.2, 0) is 4.74 Å². The highest BCUT2D eigenvalue weighted by Gasteiger charge is 2.24. The molecule has 0 bridgehead atoms. The van der Waals surface area contributed by atoms with Crippen molar-refractivity contribution >= 4 is 39.9 Å². The van der Waals surface area contributed by atoms with Crippen LogP contribution in [0.3, 0.4) is 0 Å². The third kappa shape index (κ3) is 4.37. The third-order valence-corrected chi connectivity index (χ3v) is 5.35. The van der Waals surface area contributed by atoms with Gasteiger partial charge in [0.2, 0.25) is 0 Å². The molecule has 0 radical (unpaired) electrons. The molecule has 0 spiro atoms. The summed E-state index contributed by atoms with van der Waals surface area (Å²) in [5.41, 5.74) is 10.2. The van der Waals surface area contributed by atoms with Crippen molar-refractivity contribution in [3.05, 3.63) is 59.7 Å². The number of hydrogen-bond donors (Lipinski definition) is 2. The number of nitrogens with zero attached hydrogens (tertiary/aromatic N) is 3. The number of carbonyl (C=O) groups is 2. The van der Waals surface area contributed by atoms with Crippen molar-refractivity contribution in [3.63, 3.8) is 0 Å². The van der Waals surface area contributed by atoms with Crippen LogP contribution < -0.4 is 11.1 Å². The van der Waals surface area contributed by atoms with E-state index in [0.717, 1.165) is 19.3 Å². The van der Waals surface area contributed by atoms with Gasteiger partial charge in [0.05, 0.1) is 23.2 Å². The predicted octanol–water partition coefficient (Wildman–Crippen LogP) is 4.25. The van der Waals surface area contributed by atoms with Gasteiger partial charge in [-0.15, -0.1) is 0 Å². The number of nitrogen functional groups attached to an aromatic ring is 1. The Hall–Kier alpha value is -3.94. The Morgan fingerprint density at radius 2 is 1.70 bits per heavy atom. The number of carbonyl (C=O) groups excluding carboxylic acids is 2. The second kappa shape index (κ2) is 9.68. The monoisotopic (exact) mass is 445 g/mol. The Labute approximate surface area is 191 Å². The minimum Gasteiger partial charge on any atom is -0.462 e. The quantitative estimate of drug-likeness (QED) is 0.310. The van der Waals surface area contributed by atoms with Crippen LogP contribution in [0.1, 0.15) is 53.8 Å². The Kier molecular flexibility index (Phi) is 6.53. The van der Waals surface area contributed by atoms with Gasteiger partial charge in [-0.25, -0.2) is 14.8 Å². The van der Waals surface area contributed by atoms with Gasteiger partial charge in [-0.2, -0.15) is 0 Å². The lowest BCUT2D eigenvalue weighted by Gasteiger charge is -2.09. The minimum absolute atomic E-state index is 0.243. The fourth-order valence-electron chi connectivity index (χ4n) is 3.61. The number of esters is 1. The predicted molar refractivity (Wildman–Crippen MR) is 129 cm³/mol. The highest BCUT2D eigenvalue weighted by Crippen LogP contribution is 2.31. The average Bonchev–Trinajstić information content (AvgIpc) is 3.11. The molecular weight excluding hydrogens is 418 g/mol. The van der Waals surface area contributed by atoms with E-state index in [0.29, 0.717) is 52.2 Å². The summed E-state index contributed by atoms with van der Waals surface area (Å²) in [6.45, 7) is 4.94. The number of rotatable bonds is 8. The first-order valence-corrected chi connectivity index (χ1v) is 11.2. The molecule has 8 heteroatoms. The summed E-state index contributed by atoms with van der Waals surface area (Å²) in [4.78, 5) is 34.7. The van der Waals surface area contributed by atoms with Gasteiger partial charge in [0.15, 0.2) is 5.65 Å². The Morgan fingerprint density at radius 3 is 2.36 bits per heavy atom. The molecule has 0 unspecified atom stereocenters. The Bertz CT molecular complexity index is 1310. The molecule has 0 aliphatic heterocycles. The summed E-state index contributed by atoms with van der Waals surface area (Å²) in [6.07, 6.45) is 2.58. The molecule has 2 aromatic carbocycles. The standard InChI is InChI=1S/C25H27N5O3/c1-3-5-15-33-25(32)16-10-12-17(13-11-16)30-22(26)20(24(31)27-14-4-2)21-23(30)29-19-9-7-6-8-18(19)28-21/h6-13H,3-5,14-15,26H2,1-2H3,(H,27,31). The van der Waals surface area contributed by atoms with Crippen molar-refractivity contribution in [2.45, 2.75) is 33.1 Å². The molecule has 3 N–H and O–H groups in total. The van der Waals surface area contributed by atoms with E-state index in [2.05, 4.69) is 5.32 Å². The number of amides is 1. The molecule has 8 nitrogen and oxygen atoms in total. The number of aromatic nitrogens is 3. The van der Waals surface area contributed by atoms with Crippen LogP contribution in [0, 0.1) is 0 Å². The second-order valence-corrected chi connectivity index (χ2v) is 7.77. The van der Waals surface area contributed by atoms with E-state index in [1.165, 1.54) is 0 Å². The SMILES string of the molecule is CCCCOC(=O)c1ccc(-n2c(N)c(C(=O)NCCC)c3nc4ccccc4nc32)cc1. The topological polar surface area (TPSA) is 112 Å². The molecule has 33 heavy (non-hydrogen) atoms. The molecule has 0 atom stereocenters. The first kappa shape index (κ1) is 22.3. The lowest BCUT2D eigenvalue weighted by molar-refractivity contribution is 0.0499. The summed E-state index contributed by atoms with van der Waals surface area (Å²) >= 11 is 0. The van der Waals surface area contributed by atoms with Crippen molar-refractivity contribution < 1.29 is 14.3 Å². The fraction of sp³-hybridized carbons (Fsp3) is 0.280. The summed E-state index contributed by atoms with van der Waals surface area (Å²) in [5.74, 6) is -0.420. The smallest absolute Gasteiger partial charge is 0.338 e. The first-order chi connectivity index (χ1) is 16.0. The van der Waals surface area contributed by atoms with Crippen LogP contribution in [0.5, 0.6) is 0 Å². The van der Waals surface area contributed by atoms with E-state index < -0.39 is 0 Å². The van der Waals surface area contributed by atoms with Crippen molar-refractivity contribution in [3.8, 4) is 5.69 Å². The number of benzene rings is 2. The Balaban J connectivity index is 1.81. The number of anilines is 1. The maximum absolute atomic E-state index is 13.0. The number of ether oxygens (including phenoxy) is 1. The molecule has 0 saturated heterocycles. The van der Waals surface area contributed by atoms with Gasteiger partial charge < -0.3 is 15.8 Å². The number of fused-ring (bicyclic) bond motifs is 2.